The highest BCUT2D eigenvalue weighted by Gasteiger charge is 2.21. The number of nitrogens with one attached hydrogen (secondary N) is 1. The molecule has 0 saturated heterocycles. The Morgan fingerprint density at radius 3 is 2.67 bits per heavy atom. The Bertz CT molecular complexity index is 722. The average Bonchev–Trinajstić information content (AvgIpc) is 2.85. The van der Waals surface area contributed by atoms with Gasteiger partial charge in [0.05, 0.1) is 11.2 Å². The van der Waals surface area contributed by atoms with E-state index in [-0.39, 0.29) is 10.9 Å². The molecule has 0 saturated carbocycles. The molecule has 1 unspecified atom stereocenters. The van der Waals surface area contributed by atoms with Crippen LogP contribution < -0.4 is 10.5 Å². The lowest BCUT2D eigenvalue weighted by atomic mass is 10.1. The zero-order valence-electron chi connectivity index (χ0n) is 12.4. The molecule has 1 aromatic carbocycles. The third-order valence-electron chi connectivity index (χ3n) is 3.38. The van der Waals surface area contributed by atoms with Gasteiger partial charge in [-0.2, -0.15) is 0 Å². The molecule has 0 bridgehead atoms. The van der Waals surface area contributed by atoms with Crippen LogP contribution in [0.5, 0.6) is 0 Å². The van der Waals surface area contributed by atoms with Crippen LogP contribution in [0.4, 0.5) is 5.69 Å². The number of benzene rings is 1. The lowest BCUT2D eigenvalue weighted by Crippen LogP contribution is -2.34. The molecule has 0 aliphatic rings. The van der Waals surface area contributed by atoms with E-state index in [4.69, 9.17) is 10.2 Å². The number of nitrogens with two attached hydrogens (primary N) is 1. The van der Waals surface area contributed by atoms with Crippen molar-refractivity contribution in [2.24, 2.45) is 0 Å². The minimum atomic E-state index is -3.61. The highest BCUT2D eigenvalue weighted by molar-refractivity contribution is 7.89. The van der Waals surface area contributed by atoms with Crippen LogP contribution in [-0.2, 0) is 16.4 Å². The lowest BCUT2D eigenvalue weighted by molar-refractivity contribution is 0.479. The first-order valence-corrected chi connectivity index (χ1v) is 8.19. The minimum Gasteiger partial charge on any atom is -0.469 e. The molecule has 3 N–H and O–H groups in total. The van der Waals surface area contributed by atoms with Crippen LogP contribution >= 0.6 is 0 Å². The van der Waals surface area contributed by atoms with Gasteiger partial charge in [-0.15, -0.1) is 0 Å². The molecule has 0 spiro atoms. The normalized spacial score (nSPS) is 13.3. The molecule has 0 radical (unpaired) electrons. The van der Waals surface area contributed by atoms with Gasteiger partial charge in [0, 0.05) is 18.2 Å². The third-order valence-corrected chi connectivity index (χ3v) is 5.09. The van der Waals surface area contributed by atoms with Gasteiger partial charge < -0.3 is 10.2 Å². The largest absolute Gasteiger partial charge is 0.469 e. The molecular weight excluding hydrogens is 288 g/mol. The van der Waals surface area contributed by atoms with Crippen molar-refractivity contribution in [1.29, 1.82) is 0 Å². The molecule has 2 rings (SSSR count). The second kappa shape index (κ2) is 5.91. The van der Waals surface area contributed by atoms with E-state index >= 15 is 0 Å². The molecule has 1 aromatic heterocycles. The molecule has 0 fully saturated rings. The first-order chi connectivity index (χ1) is 9.79. The topological polar surface area (TPSA) is 85.3 Å². The van der Waals surface area contributed by atoms with Crippen LogP contribution in [0.3, 0.4) is 0 Å². The fraction of sp³-hybridized carbons (Fsp3) is 0.333. The first-order valence-electron chi connectivity index (χ1n) is 6.71. The summed E-state index contributed by atoms with van der Waals surface area (Å²) in [6.45, 7) is 5.42. The molecule has 21 heavy (non-hydrogen) atoms. The molecule has 1 atom stereocenters. The maximum Gasteiger partial charge on any atom is 0.241 e. The maximum atomic E-state index is 12.5. The van der Waals surface area contributed by atoms with Crippen LogP contribution in [0.2, 0.25) is 0 Å². The summed E-state index contributed by atoms with van der Waals surface area (Å²) in [6.07, 6.45) is 2.06. The highest BCUT2D eigenvalue weighted by atomic mass is 32.2. The predicted octanol–water partition coefficient (Wildman–Crippen LogP) is 2.39. The quantitative estimate of drug-likeness (QED) is 0.831. The number of rotatable bonds is 5. The summed E-state index contributed by atoms with van der Waals surface area (Å²) in [6, 6.07) is 6.58. The monoisotopic (exact) mass is 308 g/mol. The van der Waals surface area contributed by atoms with Gasteiger partial charge in [-0.3, -0.25) is 0 Å². The summed E-state index contributed by atoms with van der Waals surface area (Å²) < 4.78 is 32.9. The molecule has 5 nitrogen and oxygen atoms in total. The number of hydrogen-bond donors (Lipinski definition) is 2. The SMILES string of the molecule is Cc1cc(N)cc(S(=O)(=O)NC(C)Cc2ccco2)c1C. The zero-order valence-corrected chi connectivity index (χ0v) is 13.2. The summed E-state index contributed by atoms with van der Waals surface area (Å²) >= 11 is 0. The van der Waals surface area contributed by atoms with E-state index in [0.29, 0.717) is 17.7 Å². The van der Waals surface area contributed by atoms with E-state index in [1.54, 1.807) is 32.2 Å². The lowest BCUT2D eigenvalue weighted by Gasteiger charge is -2.16. The summed E-state index contributed by atoms with van der Waals surface area (Å²) in [5, 5.41) is 0. The Morgan fingerprint density at radius 1 is 1.33 bits per heavy atom. The number of aryl methyl sites for hydroxylation is 1. The van der Waals surface area contributed by atoms with Gasteiger partial charge in [0.2, 0.25) is 10.0 Å². The standard InChI is InChI=1S/C15H20N2O3S/c1-10-7-13(16)9-15(12(10)3)21(18,19)17-11(2)8-14-5-4-6-20-14/h4-7,9,11,17H,8,16H2,1-3H3. The predicted molar refractivity (Wildman–Crippen MR) is 82.5 cm³/mol. The summed E-state index contributed by atoms with van der Waals surface area (Å²) in [4.78, 5) is 0.228. The summed E-state index contributed by atoms with van der Waals surface area (Å²) in [5.74, 6) is 0.741. The van der Waals surface area contributed by atoms with Gasteiger partial charge in [0.1, 0.15) is 5.76 Å². The van der Waals surface area contributed by atoms with Crippen molar-refractivity contribution < 1.29 is 12.8 Å². The van der Waals surface area contributed by atoms with E-state index in [0.717, 1.165) is 11.3 Å². The Hall–Kier alpha value is -1.79. The molecule has 1 heterocycles. The van der Waals surface area contributed by atoms with E-state index < -0.39 is 10.0 Å². The van der Waals surface area contributed by atoms with E-state index in [2.05, 4.69) is 4.72 Å². The second-order valence-electron chi connectivity index (χ2n) is 5.27. The molecule has 2 aromatic rings. The van der Waals surface area contributed by atoms with Gasteiger partial charge >= 0.3 is 0 Å². The number of anilines is 1. The number of nitrogen functional groups attached to an aromatic ring is 1. The van der Waals surface area contributed by atoms with Crippen LogP contribution in [-0.4, -0.2) is 14.5 Å². The maximum absolute atomic E-state index is 12.5. The summed E-state index contributed by atoms with van der Waals surface area (Å²) in [7, 11) is -3.61. The Balaban J connectivity index is 2.22. The van der Waals surface area contributed by atoms with Crippen molar-refractivity contribution >= 4 is 15.7 Å². The smallest absolute Gasteiger partial charge is 0.241 e. The fourth-order valence-corrected chi connectivity index (χ4v) is 3.83. The first kappa shape index (κ1) is 15.6. The molecular formula is C15H20N2O3S. The van der Waals surface area contributed by atoms with E-state index in [1.165, 1.54) is 6.07 Å². The second-order valence-corrected chi connectivity index (χ2v) is 6.95. The van der Waals surface area contributed by atoms with Crippen molar-refractivity contribution in [2.45, 2.75) is 38.1 Å². The van der Waals surface area contributed by atoms with E-state index in [1.807, 2.05) is 13.0 Å². The highest BCUT2D eigenvalue weighted by Crippen LogP contribution is 2.22. The minimum absolute atomic E-state index is 0.228. The van der Waals surface area contributed by atoms with Gasteiger partial charge in [-0.25, -0.2) is 13.1 Å². The molecule has 6 heteroatoms. The molecule has 0 amide bonds. The average molecular weight is 308 g/mol. The van der Waals surface area contributed by atoms with Crippen LogP contribution in [0, 0.1) is 13.8 Å². The van der Waals surface area contributed by atoms with Crippen LogP contribution in [0.25, 0.3) is 0 Å². The molecule has 0 aliphatic heterocycles. The Morgan fingerprint density at radius 2 is 2.05 bits per heavy atom. The molecule has 114 valence electrons. The van der Waals surface area contributed by atoms with Crippen LogP contribution in [0.15, 0.2) is 39.8 Å². The number of furan rings is 1. The van der Waals surface area contributed by atoms with E-state index in [9.17, 15) is 8.42 Å². The summed E-state index contributed by atoms with van der Waals surface area (Å²) in [5.41, 5.74) is 7.77. The van der Waals surface area contributed by atoms with Gasteiger partial charge in [-0.05, 0) is 56.2 Å². The number of hydrogen-bond acceptors (Lipinski definition) is 4. The van der Waals surface area contributed by atoms with Crippen molar-refractivity contribution in [3.05, 3.63) is 47.4 Å². The van der Waals surface area contributed by atoms with Crippen molar-refractivity contribution in [3.8, 4) is 0 Å². The van der Waals surface area contributed by atoms with Gasteiger partial charge in [-0.1, -0.05) is 0 Å². The van der Waals surface area contributed by atoms with Gasteiger partial charge in [0.25, 0.3) is 0 Å². The van der Waals surface area contributed by atoms with Gasteiger partial charge in [0.15, 0.2) is 0 Å². The zero-order chi connectivity index (χ0) is 15.6. The van der Waals surface area contributed by atoms with Crippen molar-refractivity contribution in [1.82, 2.24) is 4.72 Å². The van der Waals surface area contributed by atoms with Crippen molar-refractivity contribution in [2.75, 3.05) is 5.73 Å². The number of sulfonamides is 1. The Labute approximate surface area is 125 Å². The fourth-order valence-electron chi connectivity index (χ4n) is 2.23. The molecule has 0 aliphatic carbocycles. The Kier molecular flexibility index (Phi) is 4.39. The van der Waals surface area contributed by atoms with Crippen molar-refractivity contribution in [3.63, 3.8) is 0 Å². The van der Waals surface area contributed by atoms with Crippen LogP contribution in [0.1, 0.15) is 23.8 Å². The third kappa shape index (κ3) is 3.65.